The molecule has 0 radical (unpaired) electrons. The van der Waals surface area contributed by atoms with Crippen molar-refractivity contribution in [3.8, 4) is 0 Å². The molecule has 13 nitrogen and oxygen atoms in total. The zero-order valence-electron chi connectivity index (χ0n) is 17.9. The van der Waals surface area contributed by atoms with E-state index in [-0.39, 0.29) is 25.3 Å². The number of hydrogen-bond donors (Lipinski definition) is 7. The first-order valence-electron chi connectivity index (χ1n) is 10.3. The van der Waals surface area contributed by atoms with Crippen molar-refractivity contribution in [3.63, 3.8) is 0 Å². The predicted molar refractivity (Wildman–Crippen MR) is 114 cm³/mol. The third-order valence-corrected chi connectivity index (χ3v) is 4.61. The van der Waals surface area contributed by atoms with Gasteiger partial charge in [0.15, 0.2) is 0 Å². The van der Waals surface area contributed by atoms with E-state index in [1.54, 1.807) is 24.5 Å². The van der Waals surface area contributed by atoms with Gasteiger partial charge in [0.05, 0.1) is 6.04 Å². The fourth-order valence-corrected chi connectivity index (χ4v) is 2.82. The van der Waals surface area contributed by atoms with Crippen LogP contribution in [0.5, 0.6) is 0 Å². The predicted octanol–water partition coefficient (Wildman–Crippen LogP) is -0.692. The fraction of sp³-hybridized carbons (Fsp3) is 0.500. The number of unbranched alkanes of at least 4 members (excludes halogenated alkanes) is 1. The molecule has 1 heterocycles. The van der Waals surface area contributed by atoms with E-state index >= 15 is 0 Å². The smallest absolute Gasteiger partial charge is 0.326 e. The molecule has 0 saturated carbocycles. The Bertz CT molecular complexity index is 820. The zero-order valence-corrected chi connectivity index (χ0v) is 17.9. The molecule has 0 fully saturated rings. The summed E-state index contributed by atoms with van der Waals surface area (Å²) < 4.78 is 0. The summed E-state index contributed by atoms with van der Waals surface area (Å²) in [5, 5.41) is 33.8. The number of carboxylic acids is 3. The minimum atomic E-state index is -1.47. The molecule has 8 N–H and O–H groups in total. The summed E-state index contributed by atoms with van der Waals surface area (Å²) in [5.74, 6) is -4.32. The topological polar surface area (TPSA) is 221 Å². The average Bonchev–Trinajstić information content (AvgIpc) is 2.75. The Labute approximate surface area is 189 Å². The van der Waals surface area contributed by atoms with Crippen LogP contribution in [0.3, 0.4) is 0 Å². The molecule has 0 aliphatic carbocycles. The van der Waals surface area contributed by atoms with E-state index in [1.165, 1.54) is 0 Å². The van der Waals surface area contributed by atoms with Crippen molar-refractivity contribution in [2.45, 2.75) is 56.7 Å². The third-order valence-electron chi connectivity index (χ3n) is 4.61. The van der Waals surface area contributed by atoms with Gasteiger partial charge in [0.2, 0.25) is 5.91 Å². The second-order valence-corrected chi connectivity index (χ2v) is 7.28. The van der Waals surface area contributed by atoms with Crippen LogP contribution in [0.4, 0.5) is 4.79 Å². The number of aliphatic carboxylic acids is 3. The van der Waals surface area contributed by atoms with Crippen molar-refractivity contribution in [3.05, 3.63) is 30.1 Å². The van der Waals surface area contributed by atoms with Gasteiger partial charge in [0.25, 0.3) is 0 Å². The summed E-state index contributed by atoms with van der Waals surface area (Å²) in [4.78, 5) is 61.0. The van der Waals surface area contributed by atoms with Crippen molar-refractivity contribution < 1.29 is 39.3 Å². The van der Waals surface area contributed by atoms with E-state index in [0.717, 1.165) is 5.56 Å². The van der Waals surface area contributed by atoms with Crippen molar-refractivity contribution in [2.24, 2.45) is 5.73 Å². The lowest BCUT2D eigenvalue weighted by Gasteiger charge is -2.18. The number of rotatable bonds is 15. The van der Waals surface area contributed by atoms with Gasteiger partial charge in [-0.05, 0) is 49.8 Å². The molecule has 1 aromatic rings. The van der Waals surface area contributed by atoms with Gasteiger partial charge in [0, 0.05) is 25.4 Å². The van der Waals surface area contributed by atoms with Crippen LogP contribution in [0.1, 0.15) is 37.7 Å². The molecule has 0 spiro atoms. The highest BCUT2D eigenvalue weighted by molar-refractivity contribution is 5.86. The lowest BCUT2D eigenvalue weighted by molar-refractivity contribution is -0.140. The third kappa shape index (κ3) is 11.4. The molecule has 3 amide bonds. The van der Waals surface area contributed by atoms with Gasteiger partial charge < -0.3 is 37.0 Å². The normalized spacial score (nSPS) is 13.2. The van der Waals surface area contributed by atoms with Crippen molar-refractivity contribution >= 4 is 29.8 Å². The molecule has 0 saturated heterocycles. The largest absolute Gasteiger partial charge is 0.481 e. The van der Waals surface area contributed by atoms with Crippen LogP contribution in [0.15, 0.2) is 24.5 Å². The molecule has 13 heteroatoms. The van der Waals surface area contributed by atoms with Gasteiger partial charge in [0.1, 0.15) is 12.1 Å². The Morgan fingerprint density at radius 2 is 1.48 bits per heavy atom. The summed E-state index contributed by atoms with van der Waals surface area (Å²) in [7, 11) is 0. The fourth-order valence-electron chi connectivity index (χ4n) is 2.82. The second-order valence-electron chi connectivity index (χ2n) is 7.28. The Kier molecular flexibility index (Phi) is 11.9. The standard InChI is InChI=1S/C20H29N5O8/c21-13(11-12-6-9-22-10-7-12)17(28)23-8-2-1-3-14(18(29)30)24-20(33)25-15(19(31)32)4-5-16(26)27/h6-7,9-10,13-15H,1-5,8,11,21H2,(H,23,28)(H,26,27)(H,29,30)(H,31,32)(H2,24,25,33)/t13-,14-,15-/m0/s1. The van der Waals surface area contributed by atoms with Crippen molar-refractivity contribution in [1.82, 2.24) is 20.9 Å². The number of pyridine rings is 1. The maximum atomic E-state index is 12.1. The van der Waals surface area contributed by atoms with Crippen LogP contribution in [-0.2, 0) is 25.6 Å². The zero-order chi connectivity index (χ0) is 24.8. The Balaban J connectivity index is 2.37. The molecule has 33 heavy (non-hydrogen) atoms. The van der Waals surface area contributed by atoms with Crippen molar-refractivity contribution in [1.29, 1.82) is 0 Å². The molecule has 1 rings (SSSR count). The van der Waals surface area contributed by atoms with Gasteiger partial charge in [-0.15, -0.1) is 0 Å². The highest BCUT2D eigenvalue weighted by Gasteiger charge is 2.24. The number of nitrogens with two attached hydrogens (primary N) is 1. The second kappa shape index (κ2) is 14.3. The van der Waals surface area contributed by atoms with Gasteiger partial charge in [-0.25, -0.2) is 14.4 Å². The molecule has 0 aromatic carbocycles. The Morgan fingerprint density at radius 3 is 2.03 bits per heavy atom. The van der Waals surface area contributed by atoms with Crippen LogP contribution >= 0.6 is 0 Å². The minimum Gasteiger partial charge on any atom is -0.481 e. The minimum absolute atomic E-state index is 0.0363. The number of carbonyl (C=O) groups excluding carboxylic acids is 2. The first-order valence-corrected chi connectivity index (χ1v) is 10.3. The Morgan fingerprint density at radius 1 is 0.909 bits per heavy atom. The van der Waals surface area contributed by atoms with E-state index in [1.807, 2.05) is 0 Å². The molecule has 0 unspecified atom stereocenters. The van der Waals surface area contributed by atoms with Gasteiger partial charge in [-0.1, -0.05) is 0 Å². The number of aromatic nitrogens is 1. The average molecular weight is 467 g/mol. The first kappa shape index (κ1) is 27.3. The van der Waals surface area contributed by atoms with E-state index in [2.05, 4.69) is 20.9 Å². The maximum absolute atomic E-state index is 12.1. The number of hydrogen-bond acceptors (Lipinski definition) is 7. The SMILES string of the molecule is N[C@@H](Cc1ccncc1)C(=O)NCCCC[C@H](NC(=O)N[C@@H](CCC(=O)O)C(=O)O)C(=O)O. The van der Waals surface area contributed by atoms with Crippen molar-refractivity contribution in [2.75, 3.05) is 6.54 Å². The van der Waals surface area contributed by atoms with Crippen LogP contribution in [0.2, 0.25) is 0 Å². The maximum Gasteiger partial charge on any atom is 0.326 e. The van der Waals surface area contributed by atoms with E-state index < -0.39 is 48.5 Å². The van der Waals surface area contributed by atoms with Crippen LogP contribution in [-0.4, -0.2) is 74.8 Å². The lowest BCUT2D eigenvalue weighted by atomic mass is 10.1. The summed E-state index contributed by atoms with van der Waals surface area (Å²) >= 11 is 0. The molecule has 182 valence electrons. The van der Waals surface area contributed by atoms with Crippen LogP contribution in [0, 0.1) is 0 Å². The quantitative estimate of drug-likeness (QED) is 0.161. The number of carboxylic acid groups (broad SMARTS) is 3. The number of urea groups is 1. The number of carbonyl (C=O) groups is 5. The number of nitrogens with zero attached hydrogens (tertiary/aromatic N) is 1. The highest BCUT2D eigenvalue weighted by Crippen LogP contribution is 2.04. The molecule has 0 bridgehead atoms. The van der Waals surface area contributed by atoms with Gasteiger partial charge in [-0.2, -0.15) is 0 Å². The monoisotopic (exact) mass is 467 g/mol. The van der Waals surface area contributed by atoms with Crippen LogP contribution in [0.25, 0.3) is 0 Å². The summed E-state index contributed by atoms with van der Waals surface area (Å²) in [6.45, 7) is 0.262. The number of nitrogens with one attached hydrogen (secondary N) is 3. The summed E-state index contributed by atoms with van der Waals surface area (Å²) in [6, 6.07) is -1.02. The molecular weight excluding hydrogens is 438 g/mol. The Hall–Kier alpha value is -3.74. The van der Waals surface area contributed by atoms with E-state index in [0.29, 0.717) is 19.3 Å². The lowest BCUT2D eigenvalue weighted by Crippen LogP contribution is -2.51. The first-order chi connectivity index (χ1) is 15.6. The number of amides is 3. The molecule has 3 atom stereocenters. The molecular formula is C20H29N5O8. The van der Waals surface area contributed by atoms with Gasteiger partial charge in [-0.3, -0.25) is 14.6 Å². The van der Waals surface area contributed by atoms with E-state index in [4.69, 9.17) is 15.9 Å². The van der Waals surface area contributed by atoms with E-state index in [9.17, 15) is 29.1 Å². The molecule has 0 aliphatic heterocycles. The summed E-state index contributed by atoms with van der Waals surface area (Å²) in [6.07, 6.45) is 3.54. The molecule has 0 aliphatic rings. The highest BCUT2D eigenvalue weighted by atomic mass is 16.4. The van der Waals surface area contributed by atoms with Gasteiger partial charge >= 0.3 is 23.9 Å². The summed E-state index contributed by atoms with van der Waals surface area (Å²) in [5.41, 5.74) is 6.74. The van der Waals surface area contributed by atoms with Crippen LogP contribution < -0.4 is 21.7 Å². The molecule has 1 aromatic heterocycles.